The van der Waals surface area contributed by atoms with Crippen LogP contribution in [0.5, 0.6) is 11.5 Å². The Hall–Kier alpha value is -2.31. The highest BCUT2D eigenvalue weighted by atomic mass is 35.5. The molecule has 0 aliphatic carbocycles. The maximum absolute atomic E-state index is 12.9. The lowest BCUT2D eigenvalue weighted by atomic mass is 10.0. The molecular formula is C19H24ClN3O3. The highest BCUT2D eigenvalue weighted by Crippen LogP contribution is 2.28. The first kappa shape index (κ1) is 20.0. The van der Waals surface area contributed by atoms with Crippen LogP contribution in [-0.2, 0) is 11.2 Å². The minimum atomic E-state index is 0. The van der Waals surface area contributed by atoms with E-state index in [1.165, 1.54) is 0 Å². The van der Waals surface area contributed by atoms with Crippen LogP contribution in [0, 0.1) is 0 Å². The molecule has 26 heavy (non-hydrogen) atoms. The normalized spacial score (nSPS) is 16.5. The van der Waals surface area contributed by atoms with Gasteiger partial charge in [-0.1, -0.05) is 12.1 Å². The summed E-state index contributed by atoms with van der Waals surface area (Å²) in [6.07, 6.45) is 3.90. The van der Waals surface area contributed by atoms with Crippen molar-refractivity contribution in [2.45, 2.75) is 12.5 Å². The number of hydrogen-bond donors (Lipinski definition) is 1. The molecule has 6 nitrogen and oxygen atoms in total. The zero-order valence-corrected chi connectivity index (χ0v) is 15.8. The molecule has 2 aromatic rings. The number of aromatic nitrogens is 1. The first-order valence-corrected chi connectivity index (χ1v) is 8.34. The average molecular weight is 378 g/mol. The van der Waals surface area contributed by atoms with Crippen LogP contribution < -0.4 is 14.8 Å². The van der Waals surface area contributed by atoms with Crippen LogP contribution in [0.3, 0.4) is 0 Å². The molecule has 0 bridgehead atoms. The third kappa shape index (κ3) is 4.45. The molecule has 1 aromatic carbocycles. The lowest BCUT2D eigenvalue weighted by molar-refractivity contribution is -0.133. The van der Waals surface area contributed by atoms with E-state index >= 15 is 0 Å². The molecule has 140 valence electrons. The predicted octanol–water partition coefficient (Wildman–Crippen LogP) is 2.24. The van der Waals surface area contributed by atoms with Crippen LogP contribution in [0.25, 0.3) is 0 Å². The van der Waals surface area contributed by atoms with Crippen LogP contribution in [0.15, 0.2) is 42.7 Å². The van der Waals surface area contributed by atoms with Gasteiger partial charge in [-0.25, -0.2) is 0 Å². The molecule has 1 aromatic heterocycles. The van der Waals surface area contributed by atoms with Gasteiger partial charge in [0.25, 0.3) is 0 Å². The fraction of sp³-hybridized carbons (Fsp3) is 0.368. The average Bonchev–Trinajstić information content (AvgIpc) is 2.68. The van der Waals surface area contributed by atoms with Gasteiger partial charge in [0.1, 0.15) is 0 Å². The summed E-state index contributed by atoms with van der Waals surface area (Å²) in [5, 5.41) is 3.36. The number of hydrogen-bond acceptors (Lipinski definition) is 5. The maximum atomic E-state index is 12.9. The zero-order chi connectivity index (χ0) is 17.6. The van der Waals surface area contributed by atoms with E-state index in [0.29, 0.717) is 24.5 Å². The van der Waals surface area contributed by atoms with Crippen LogP contribution in [-0.4, -0.2) is 49.6 Å². The van der Waals surface area contributed by atoms with E-state index in [4.69, 9.17) is 9.47 Å². The van der Waals surface area contributed by atoms with Gasteiger partial charge in [0, 0.05) is 32.0 Å². The standard InChI is InChI=1S/C19H23N3O3.ClH/c1-24-17-6-5-14(10-18(17)25-2)11-19(23)22-9-8-21-13-16(22)15-4-3-7-20-12-15;/h3-7,10,12,16,21H,8-9,11,13H2,1-2H3;1H. The summed E-state index contributed by atoms with van der Waals surface area (Å²) in [5.74, 6) is 1.40. The summed E-state index contributed by atoms with van der Waals surface area (Å²) in [7, 11) is 3.19. The first-order chi connectivity index (χ1) is 12.2. The Morgan fingerprint density at radius 2 is 2.08 bits per heavy atom. The molecule has 2 heterocycles. The van der Waals surface area contributed by atoms with Gasteiger partial charge in [0.15, 0.2) is 11.5 Å². The molecule has 1 atom stereocenters. The Bertz CT molecular complexity index is 727. The van der Waals surface area contributed by atoms with Crippen molar-refractivity contribution in [3.05, 3.63) is 53.9 Å². The van der Waals surface area contributed by atoms with Gasteiger partial charge in [-0.3, -0.25) is 9.78 Å². The van der Waals surface area contributed by atoms with E-state index in [0.717, 1.165) is 24.2 Å². The molecule has 1 aliphatic rings. The van der Waals surface area contributed by atoms with Crippen molar-refractivity contribution in [3.8, 4) is 11.5 Å². The van der Waals surface area contributed by atoms with Gasteiger partial charge in [-0.15, -0.1) is 12.4 Å². The minimum Gasteiger partial charge on any atom is -0.493 e. The molecule has 0 saturated carbocycles. The Morgan fingerprint density at radius 3 is 2.77 bits per heavy atom. The van der Waals surface area contributed by atoms with Gasteiger partial charge in [0.05, 0.1) is 26.7 Å². The van der Waals surface area contributed by atoms with Gasteiger partial charge in [-0.05, 0) is 29.3 Å². The van der Waals surface area contributed by atoms with Crippen molar-refractivity contribution >= 4 is 18.3 Å². The molecule has 3 rings (SSSR count). The number of methoxy groups -OCH3 is 2. The number of nitrogens with one attached hydrogen (secondary N) is 1. The van der Waals surface area contributed by atoms with Crippen molar-refractivity contribution in [1.82, 2.24) is 15.2 Å². The van der Waals surface area contributed by atoms with Gasteiger partial charge in [-0.2, -0.15) is 0 Å². The highest BCUT2D eigenvalue weighted by Gasteiger charge is 2.28. The second-order valence-corrected chi connectivity index (χ2v) is 5.96. The fourth-order valence-corrected chi connectivity index (χ4v) is 3.14. The van der Waals surface area contributed by atoms with Crippen molar-refractivity contribution in [2.75, 3.05) is 33.9 Å². The zero-order valence-electron chi connectivity index (χ0n) is 15.0. The number of benzene rings is 1. The van der Waals surface area contributed by atoms with E-state index in [2.05, 4.69) is 10.3 Å². The van der Waals surface area contributed by atoms with Crippen molar-refractivity contribution in [2.24, 2.45) is 0 Å². The van der Waals surface area contributed by atoms with Crippen LogP contribution in [0.1, 0.15) is 17.2 Å². The number of piperazine rings is 1. The van der Waals surface area contributed by atoms with Crippen molar-refractivity contribution < 1.29 is 14.3 Å². The summed E-state index contributed by atoms with van der Waals surface area (Å²) in [4.78, 5) is 19.0. The summed E-state index contributed by atoms with van der Waals surface area (Å²) < 4.78 is 10.6. The second kappa shape index (κ2) is 9.40. The lowest BCUT2D eigenvalue weighted by Crippen LogP contribution is -2.49. The summed E-state index contributed by atoms with van der Waals surface area (Å²) in [5.41, 5.74) is 1.96. The molecule has 1 fully saturated rings. The number of carbonyl (C=O) groups is 1. The minimum absolute atomic E-state index is 0. The maximum Gasteiger partial charge on any atom is 0.227 e. The summed E-state index contributed by atoms with van der Waals surface area (Å²) in [6, 6.07) is 9.52. The number of pyridine rings is 1. The highest BCUT2D eigenvalue weighted by molar-refractivity contribution is 5.85. The second-order valence-electron chi connectivity index (χ2n) is 5.96. The van der Waals surface area contributed by atoms with E-state index in [9.17, 15) is 4.79 Å². The van der Waals surface area contributed by atoms with Crippen LogP contribution in [0.2, 0.25) is 0 Å². The quantitative estimate of drug-likeness (QED) is 0.865. The smallest absolute Gasteiger partial charge is 0.227 e. The third-order valence-corrected chi connectivity index (χ3v) is 4.44. The predicted molar refractivity (Wildman–Crippen MR) is 102 cm³/mol. The number of rotatable bonds is 5. The topological polar surface area (TPSA) is 63.7 Å². The van der Waals surface area contributed by atoms with E-state index in [1.807, 2.05) is 41.4 Å². The molecule has 1 amide bonds. The molecular weight excluding hydrogens is 354 g/mol. The number of amides is 1. The fourth-order valence-electron chi connectivity index (χ4n) is 3.14. The Morgan fingerprint density at radius 1 is 1.27 bits per heavy atom. The van der Waals surface area contributed by atoms with E-state index in [1.54, 1.807) is 20.4 Å². The molecule has 0 radical (unpaired) electrons. The van der Waals surface area contributed by atoms with Gasteiger partial charge in [0.2, 0.25) is 5.91 Å². The molecule has 1 N–H and O–H groups in total. The Kier molecular flexibility index (Phi) is 7.24. The van der Waals surface area contributed by atoms with Crippen LogP contribution >= 0.6 is 12.4 Å². The van der Waals surface area contributed by atoms with E-state index in [-0.39, 0.29) is 24.4 Å². The van der Waals surface area contributed by atoms with Gasteiger partial charge < -0.3 is 19.7 Å². The summed E-state index contributed by atoms with van der Waals surface area (Å²) in [6.45, 7) is 2.23. The number of carbonyl (C=O) groups excluding carboxylic acids is 1. The van der Waals surface area contributed by atoms with Crippen molar-refractivity contribution in [1.29, 1.82) is 0 Å². The lowest BCUT2D eigenvalue weighted by Gasteiger charge is -2.36. The monoisotopic (exact) mass is 377 g/mol. The van der Waals surface area contributed by atoms with Crippen LogP contribution in [0.4, 0.5) is 0 Å². The number of halogens is 1. The van der Waals surface area contributed by atoms with Crippen molar-refractivity contribution in [3.63, 3.8) is 0 Å². The molecule has 1 unspecified atom stereocenters. The molecule has 0 spiro atoms. The molecule has 7 heteroatoms. The first-order valence-electron chi connectivity index (χ1n) is 8.34. The third-order valence-electron chi connectivity index (χ3n) is 4.44. The number of ether oxygens (including phenoxy) is 2. The SMILES string of the molecule is COc1ccc(CC(=O)N2CCNCC2c2cccnc2)cc1OC.Cl. The Labute approximate surface area is 159 Å². The largest absolute Gasteiger partial charge is 0.493 e. The Balaban J connectivity index is 0.00000243. The number of nitrogens with zero attached hydrogens (tertiary/aromatic N) is 2. The van der Waals surface area contributed by atoms with E-state index < -0.39 is 0 Å². The molecule has 1 aliphatic heterocycles. The van der Waals surface area contributed by atoms with Gasteiger partial charge >= 0.3 is 0 Å². The molecule has 1 saturated heterocycles. The summed E-state index contributed by atoms with van der Waals surface area (Å²) >= 11 is 0.